The van der Waals surface area contributed by atoms with Crippen LogP contribution in [-0.2, 0) is 0 Å². The summed E-state index contributed by atoms with van der Waals surface area (Å²) in [5.41, 5.74) is 3.65. The predicted molar refractivity (Wildman–Crippen MR) is 55.1 cm³/mol. The summed E-state index contributed by atoms with van der Waals surface area (Å²) in [6.45, 7) is 3.66. The van der Waals surface area contributed by atoms with Gasteiger partial charge in [0.15, 0.2) is 0 Å². The lowest BCUT2D eigenvalue weighted by Crippen LogP contribution is -2.02. The maximum atomic E-state index is 9.09. The van der Waals surface area contributed by atoms with Crippen molar-refractivity contribution in [3.63, 3.8) is 0 Å². The van der Waals surface area contributed by atoms with E-state index in [0.29, 0.717) is 17.0 Å². The highest BCUT2D eigenvalue weighted by molar-refractivity contribution is 5.54. The van der Waals surface area contributed by atoms with Gasteiger partial charge in [0, 0.05) is 0 Å². The number of pyridine rings is 1. The van der Waals surface area contributed by atoms with Gasteiger partial charge >= 0.3 is 0 Å². The van der Waals surface area contributed by atoms with Gasteiger partial charge < -0.3 is 0 Å². The summed E-state index contributed by atoms with van der Waals surface area (Å²) in [5.74, 6) is 0.412. The van der Waals surface area contributed by atoms with Crippen LogP contribution in [0.1, 0.15) is 46.8 Å². The van der Waals surface area contributed by atoms with Crippen molar-refractivity contribution in [3.05, 3.63) is 28.1 Å². The Bertz CT molecular complexity index is 461. The van der Waals surface area contributed by atoms with Gasteiger partial charge in [-0.15, -0.1) is 0 Å². The van der Waals surface area contributed by atoms with Crippen molar-refractivity contribution in [2.75, 3.05) is 0 Å². The Morgan fingerprint density at radius 3 is 1.87 bits per heavy atom. The first-order chi connectivity index (χ1) is 7.19. The molecule has 0 bridgehead atoms. The topological polar surface area (TPSA) is 60.5 Å². The first-order valence-corrected chi connectivity index (χ1v) is 5.00. The SMILES string of the molecule is Cc1nc(C)c(C#N)c(C2CC2)c1C#N. The van der Waals surface area contributed by atoms with Crippen LogP contribution >= 0.6 is 0 Å². The first-order valence-electron chi connectivity index (χ1n) is 5.00. The van der Waals surface area contributed by atoms with Crippen molar-refractivity contribution in [1.29, 1.82) is 10.5 Å². The number of aryl methyl sites for hydroxylation is 2. The lowest BCUT2D eigenvalue weighted by molar-refractivity contribution is 1.01. The molecule has 1 aliphatic rings. The highest BCUT2D eigenvalue weighted by atomic mass is 14.7. The van der Waals surface area contributed by atoms with E-state index in [1.165, 1.54) is 0 Å². The number of hydrogen-bond acceptors (Lipinski definition) is 3. The van der Waals surface area contributed by atoms with Crippen molar-refractivity contribution >= 4 is 0 Å². The van der Waals surface area contributed by atoms with E-state index in [0.717, 1.165) is 29.8 Å². The minimum Gasteiger partial charge on any atom is -0.256 e. The Balaban J connectivity index is 2.76. The monoisotopic (exact) mass is 197 g/mol. The molecule has 1 aromatic rings. The molecule has 1 heterocycles. The molecular formula is C12H11N3. The average Bonchev–Trinajstić information content (AvgIpc) is 3.00. The molecule has 0 atom stereocenters. The van der Waals surface area contributed by atoms with Crippen molar-refractivity contribution < 1.29 is 0 Å². The highest BCUT2D eigenvalue weighted by Gasteiger charge is 2.31. The summed E-state index contributed by atoms with van der Waals surface area (Å²) < 4.78 is 0. The predicted octanol–water partition coefficient (Wildman–Crippen LogP) is 2.32. The summed E-state index contributed by atoms with van der Waals surface area (Å²) in [6, 6.07) is 4.35. The molecule has 0 amide bonds. The largest absolute Gasteiger partial charge is 0.256 e. The van der Waals surface area contributed by atoms with E-state index in [-0.39, 0.29) is 0 Å². The summed E-state index contributed by atoms with van der Waals surface area (Å²) in [5, 5.41) is 18.2. The molecule has 0 aliphatic heterocycles. The highest BCUT2D eigenvalue weighted by Crippen LogP contribution is 2.44. The molecule has 3 heteroatoms. The third kappa shape index (κ3) is 1.47. The van der Waals surface area contributed by atoms with Gasteiger partial charge in [-0.3, -0.25) is 4.98 Å². The van der Waals surface area contributed by atoms with E-state index in [2.05, 4.69) is 17.1 Å². The lowest BCUT2D eigenvalue weighted by atomic mass is 9.96. The second kappa shape index (κ2) is 3.37. The van der Waals surface area contributed by atoms with E-state index in [9.17, 15) is 0 Å². The maximum Gasteiger partial charge on any atom is 0.101 e. The van der Waals surface area contributed by atoms with Crippen LogP contribution in [0.5, 0.6) is 0 Å². The molecule has 1 fully saturated rings. The van der Waals surface area contributed by atoms with E-state index >= 15 is 0 Å². The summed E-state index contributed by atoms with van der Waals surface area (Å²) >= 11 is 0. The van der Waals surface area contributed by atoms with Crippen molar-refractivity contribution in [1.82, 2.24) is 4.98 Å². The Labute approximate surface area is 89.0 Å². The fraction of sp³-hybridized carbons (Fsp3) is 0.417. The fourth-order valence-corrected chi connectivity index (χ4v) is 1.94. The quantitative estimate of drug-likeness (QED) is 0.694. The molecular weight excluding hydrogens is 186 g/mol. The van der Waals surface area contributed by atoms with Gasteiger partial charge in [0.1, 0.15) is 12.1 Å². The summed E-state index contributed by atoms with van der Waals surface area (Å²) in [4.78, 5) is 4.24. The minimum absolute atomic E-state index is 0.412. The van der Waals surface area contributed by atoms with Crippen LogP contribution in [0.15, 0.2) is 0 Å². The molecule has 1 saturated carbocycles. The number of aromatic nitrogens is 1. The van der Waals surface area contributed by atoms with E-state index < -0.39 is 0 Å². The van der Waals surface area contributed by atoms with Gasteiger partial charge in [0.2, 0.25) is 0 Å². The summed E-state index contributed by atoms with van der Waals surface area (Å²) in [6.07, 6.45) is 2.18. The molecule has 2 rings (SSSR count). The second-order valence-corrected chi connectivity index (χ2v) is 3.94. The summed E-state index contributed by atoms with van der Waals surface area (Å²) in [7, 11) is 0. The van der Waals surface area contributed by atoms with Crippen LogP contribution in [0, 0.1) is 36.5 Å². The Morgan fingerprint density at radius 1 is 1.07 bits per heavy atom. The van der Waals surface area contributed by atoms with Crippen molar-refractivity contribution in [2.24, 2.45) is 0 Å². The third-order valence-corrected chi connectivity index (χ3v) is 2.81. The molecule has 0 spiro atoms. The maximum absolute atomic E-state index is 9.09. The van der Waals surface area contributed by atoms with Gasteiger partial charge in [0.05, 0.1) is 22.5 Å². The van der Waals surface area contributed by atoms with Crippen LogP contribution in [0.2, 0.25) is 0 Å². The normalized spacial score (nSPS) is 14.4. The molecule has 0 saturated heterocycles. The first kappa shape index (κ1) is 9.68. The zero-order chi connectivity index (χ0) is 11.0. The fourth-order valence-electron chi connectivity index (χ4n) is 1.94. The molecule has 0 aromatic carbocycles. The van der Waals surface area contributed by atoms with E-state index in [1.54, 1.807) is 0 Å². The van der Waals surface area contributed by atoms with Gasteiger partial charge in [-0.05, 0) is 38.2 Å². The average molecular weight is 197 g/mol. The minimum atomic E-state index is 0.412. The molecule has 1 aromatic heterocycles. The Hall–Kier alpha value is -1.87. The molecule has 1 aliphatic carbocycles. The number of hydrogen-bond donors (Lipinski definition) is 0. The molecule has 0 unspecified atom stereocenters. The van der Waals surface area contributed by atoms with Crippen molar-refractivity contribution in [3.8, 4) is 12.1 Å². The van der Waals surface area contributed by atoms with Crippen molar-refractivity contribution in [2.45, 2.75) is 32.6 Å². The molecule has 0 N–H and O–H groups in total. The van der Waals surface area contributed by atoms with Crippen LogP contribution < -0.4 is 0 Å². The van der Waals surface area contributed by atoms with Crippen LogP contribution in [0.4, 0.5) is 0 Å². The third-order valence-electron chi connectivity index (χ3n) is 2.81. The second-order valence-electron chi connectivity index (χ2n) is 3.94. The number of nitriles is 2. The Kier molecular flexibility index (Phi) is 2.17. The van der Waals surface area contributed by atoms with E-state index in [1.807, 2.05) is 13.8 Å². The molecule has 0 radical (unpaired) electrons. The van der Waals surface area contributed by atoms with Gasteiger partial charge in [-0.1, -0.05) is 0 Å². The number of nitrogens with zero attached hydrogens (tertiary/aromatic N) is 3. The Morgan fingerprint density at radius 2 is 1.53 bits per heavy atom. The zero-order valence-electron chi connectivity index (χ0n) is 8.83. The number of rotatable bonds is 1. The standard InChI is InChI=1S/C12H11N3/c1-7-10(5-13)12(9-3-4-9)11(6-14)8(2)15-7/h9H,3-4H2,1-2H3. The lowest BCUT2D eigenvalue weighted by Gasteiger charge is -2.09. The smallest absolute Gasteiger partial charge is 0.101 e. The van der Waals surface area contributed by atoms with Gasteiger partial charge in [-0.25, -0.2) is 0 Å². The zero-order valence-corrected chi connectivity index (χ0v) is 8.83. The van der Waals surface area contributed by atoms with Crippen LogP contribution in [-0.4, -0.2) is 4.98 Å². The van der Waals surface area contributed by atoms with Crippen LogP contribution in [0.25, 0.3) is 0 Å². The van der Waals surface area contributed by atoms with Gasteiger partial charge in [-0.2, -0.15) is 10.5 Å². The van der Waals surface area contributed by atoms with Crippen LogP contribution in [0.3, 0.4) is 0 Å². The molecule has 74 valence electrons. The van der Waals surface area contributed by atoms with Gasteiger partial charge in [0.25, 0.3) is 0 Å². The van der Waals surface area contributed by atoms with E-state index in [4.69, 9.17) is 10.5 Å². The molecule has 15 heavy (non-hydrogen) atoms. The molecule has 3 nitrogen and oxygen atoms in total.